The summed E-state index contributed by atoms with van der Waals surface area (Å²) in [6, 6.07) is 3.64. The molecule has 9 heteroatoms. The van der Waals surface area contributed by atoms with Crippen LogP contribution < -0.4 is 10.0 Å². The van der Waals surface area contributed by atoms with E-state index in [0.29, 0.717) is 24.1 Å². The summed E-state index contributed by atoms with van der Waals surface area (Å²) in [6.07, 6.45) is 3.77. The molecule has 1 fully saturated rings. The topological polar surface area (TPSA) is 97.4 Å². The molecule has 0 radical (unpaired) electrons. The normalized spacial score (nSPS) is 15.5. The van der Waals surface area contributed by atoms with Crippen molar-refractivity contribution in [3.05, 3.63) is 34.5 Å². The maximum atomic E-state index is 12.2. The van der Waals surface area contributed by atoms with E-state index in [2.05, 4.69) is 31.1 Å². The first-order valence-electron chi connectivity index (χ1n) is 6.45. The molecule has 0 spiro atoms. The highest BCUT2D eigenvalue weighted by Crippen LogP contribution is 2.27. The van der Waals surface area contributed by atoms with E-state index in [0.717, 1.165) is 12.8 Å². The zero-order chi connectivity index (χ0) is 14.9. The summed E-state index contributed by atoms with van der Waals surface area (Å²) in [6.45, 7) is 0.552. The predicted molar refractivity (Wildman–Crippen MR) is 76.8 cm³/mol. The van der Waals surface area contributed by atoms with Crippen molar-refractivity contribution in [1.82, 2.24) is 15.2 Å². The molecule has 0 aromatic carbocycles. The molecule has 0 atom stereocenters. The number of sulfonamides is 1. The summed E-state index contributed by atoms with van der Waals surface area (Å²) >= 11 is 3.14. The van der Waals surface area contributed by atoms with Crippen LogP contribution >= 0.6 is 15.9 Å². The lowest BCUT2D eigenvalue weighted by atomic mass is 10.4. The third-order valence-corrected chi connectivity index (χ3v) is 5.32. The molecule has 2 aromatic rings. The largest absolute Gasteiger partial charge is 0.452 e. The number of nitrogens with zero attached hydrogens (tertiary/aromatic N) is 1. The minimum Gasteiger partial charge on any atom is -0.452 e. The van der Waals surface area contributed by atoms with E-state index >= 15 is 0 Å². The van der Waals surface area contributed by atoms with Crippen LogP contribution in [-0.4, -0.2) is 19.6 Å². The van der Waals surface area contributed by atoms with Crippen LogP contribution in [0.5, 0.6) is 0 Å². The lowest BCUT2D eigenvalue weighted by Crippen LogP contribution is -2.23. The second kappa shape index (κ2) is 5.91. The van der Waals surface area contributed by atoms with Crippen molar-refractivity contribution >= 4 is 26.0 Å². The van der Waals surface area contributed by atoms with Gasteiger partial charge in [-0.3, -0.25) is 0 Å². The van der Waals surface area contributed by atoms with E-state index in [1.165, 1.54) is 12.3 Å². The van der Waals surface area contributed by atoms with Crippen molar-refractivity contribution in [1.29, 1.82) is 0 Å². The minimum absolute atomic E-state index is 0.0373. The van der Waals surface area contributed by atoms with Crippen molar-refractivity contribution in [2.45, 2.75) is 36.9 Å². The fourth-order valence-corrected chi connectivity index (χ4v) is 3.77. The molecular formula is C12H14BrN3O4S. The molecule has 2 heterocycles. The van der Waals surface area contributed by atoms with Crippen molar-refractivity contribution in [3.63, 3.8) is 0 Å². The van der Waals surface area contributed by atoms with Crippen LogP contribution in [0.25, 0.3) is 0 Å². The Bertz CT molecular complexity index is 707. The minimum atomic E-state index is -3.68. The monoisotopic (exact) mass is 375 g/mol. The lowest BCUT2D eigenvalue weighted by molar-refractivity contribution is 0.380. The van der Waals surface area contributed by atoms with Crippen LogP contribution in [0.4, 0.5) is 0 Å². The van der Waals surface area contributed by atoms with Crippen molar-refractivity contribution < 1.29 is 17.4 Å². The van der Waals surface area contributed by atoms with Gasteiger partial charge in [0.1, 0.15) is 10.7 Å². The van der Waals surface area contributed by atoms with E-state index in [1.807, 2.05) is 0 Å². The predicted octanol–water partition coefficient (Wildman–Crippen LogP) is 1.76. The Morgan fingerprint density at radius 1 is 1.33 bits per heavy atom. The summed E-state index contributed by atoms with van der Waals surface area (Å²) in [5, 5.41) is 6.78. The number of halogens is 1. The second-order valence-corrected chi connectivity index (χ2v) is 7.26. The Balaban J connectivity index is 1.68. The van der Waals surface area contributed by atoms with Crippen molar-refractivity contribution in [2.75, 3.05) is 0 Å². The molecule has 1 aliphatic carbocycles. The maximum absolute atomic E-state index is 12.2. The number of nitrogens with one attached hydrogen (secondary N) is 2. The Labute approximate surface area is 130 Å². The summed E-state index contributed by atoms with van der Waals surface area (Å²) < 4.78 is 37.4. The fraction of sp³-hybridized carbons (Fsp3) is 0.417. The van der Waals surface area contributed by atoms with E-state index < -0.39 is 10.0 Å². The molecule has 0 saturated heterocycles. The zero-order valence-corrected chi connectivity index (χ0v) is 13.4. The highest BCUT2D eigenvalue weighted by atomic mass is 79.9. The standard InChI is InChI=1S/C12H14BrN3O4S/c13-12-11(5-10(19-12)6-14-8-1-2-8)21(17,18)16-7-9-3-4-15-20-9/h3-5,8,14,16H,1-2,6-7H2. The van der Waals surface area contributed by atoms with Gasteiger partial charge in [0.2, 0.25) is 10.0 Å². The van der Waals surface area contributed by atoms with Gasteiger partial charge in [-0.15, -0.1) is 0 Å². The average molecular weight is 376 g/mol. The molecular weight excluding hydrogens is 362 g/mol. The SMILES string of the molecule is O=S(=O)(NCc1ccno1)c1cc(CNC2CC2)oc1Br. The Morgan fingerprint density at radius 2 is 2.14 bits per heavy atom. The van der Waals surface area contributed by atoms with Crippen LogP contribution in [0.3, 0.4) is 0 Å². The van der Waals surface area contributed by atoms with E-state index in [1.54, 1.807) is 6.07 Å². The van der Waals surface area contributed by atoms with Gasteiger partial charge in [-0.25, -0.2) is 13.1 Å². The summed E-state index contributed by atoms with van der Waals surface area (Å²) in [5.41, 5.74) is 0. The van der Waals surface area contributed by atoms with Gasteiger partial charge < -0.3 is 14.3 Å². The third kappa shape index (κ3) is 3.73. The molecule has 0 bridgehead atoms. The van der Waals surface area contributed by atoms with Crippen molar-refractivity contribution in [3.8, 4) is 0 Å². The Hall–Kier alpha value is -1.16. The van der Waals surface area contributed by atoms with Crippen LogP contribution in [0, 0.1) is 0 Å². The number of hydrogen-bond acceptors (Lipinski definition) is 6. The Morgan fingerprint density at radius 3 is 2.81 bits per heavy atom. The first-order valence-corrected chi connectivity index (χ1v) is 8.73. The van der Waals surface area contributed by atoms with Gasteiger partial charge in [-0.1, -0.05) is 5.16 Å². The molecule has 0 amide bonds. The molecule has 0 aliphatic heterocycles. The maximum Gasteiger partial charge on any atom is 0.245 e. The summed E-state index contributed by atoms with van der Waals surface area (Å²) in [5.74, 6) is 1.02. The van der Waals surface area contributed by atoms with Gasteiger partial charge in [0.25, 0.3) is 0 Å². The first kappa shape index (κ1) is 14.8. The number of aromatic nitrogens is 1. The highest BCUT2D eigenvalue weighted by molar-refractivity contribution is 9.10. The molecule has 114 valence electrons. The lowest BCUT2D eigenvalue weighted by Gasteiger charge is -2.02. The molecule has 0 unspecified atom stereocenters. The zero-order valence-electron chi connectivity index (χ0n) is 11.0. The fourth-order valence-electron chi connectivity index (χ4n) is 1.78. The van der Waals surface area contributed by atoms with Gasteiger partial charge in [0.15, 0.2) is 10.4 Å². The van der Waals surface area contributed by atoms with Crippen LogP contribution in [0.2, 0.25) is 0 Å². The molecule has 2 N–H and O–H groups in total. The highest BCUT2D eigenvalue weighted by Gasteiger charge is 2.24. The van der Waals surface area contributed by atoms with Gasteiger partial charge in [-0.2, -0.15) is 0 Å². The first-order chi connectivity index (χ1) is 10.0. The smallest absolute Gasteiger partial charge is 0.245 e. The van der Waals surface area contributed by atoms with Gasteiger partial charge in [0.05, 0.1) is 19.3 Å². The molecule has 1 aliphatic rings. The molecule has 1 saturated carbocycles. The Kier molecular flexibility index (Phi) is 4.16. The van der Waals surface area contributed by atoms with Crippen LogP contribution in [0.1, 0.15) is 24.4 Å². The summed E-state index contributed by atoms with van der Waals surface area (Å²) in [4.78, 5) is 0.0783. The second-order valence-electron chi connectivity index (χ2n) is 4.81. The quantitative estimate of drug-likeness (QED) is 0.764. The molecule has 3 rings (SSSR count). The number of rotatable bonds is 7. The van der Waals surface area contributed by atoms with Crippen LogP contribution in [0.15, 0.2) is 36.8 Å². The molecule has 21 heavy (non-hydrogen) atoms. The molecule has 7 nitrogen and oxygen atoms in total. The van der Waals surface area contributed by atoms with Gasteiger partial charge in [-0.05, 0) is 28.8 Å². The third-order valence-electron chi connectivity index (χ3n) is 3.07. The van der Waals surface area contributed by atoms with Crippen molar-refractivity contribution in [2.24, 2.45) is 0 Å². The van der Waals surface area contributed by atoms with Gasteiger partial charge >= 0.3 is 0 Å². The van der Waals surface area contributed by atoms with E-state index in [-0.39, 0.29) is 16.1 Å². The van der Waals surface area contributed by atoms with E-state index in [4.69, 9.17) is 8.94 Å². The summed E-state index contributed by atoms with van der Waals surface area (Å²) in [7, 11) is -3.68. The number of furan rings is 1. The van der Waals surface area contributed by atoms with E-state index in [9.17, 15) is 8.42 Å². The van der Waals surface area contributed by atoms with Crippen LogP contribution in [-0.2, 0) is 23.1 Å². The molecule has 2 aromatic heterocycles. The van der Waals surface area contributed by atoms with Gasteiger partial charge in [0, 0.05) is 18.2 Å². The number of hydrogen-bond donors (Lipinski definition) is 2. The average Bonchev–Trinajstić information content (AvgIpc) is 2.97.